The maximum absolute atomic E-state index is 12.5. The molecule has 0 bridgehead atoms. The smallest absolute Gasteiger partial charge is 0.334 e. The molecule has 0 spiro atoms. The van der Waals surface area contributed by atoms with E-state index in [0.717, 1.165) is 18.8 Å². The highest BCUT2D eigenvalue weighted by molar-refractivity contribution is 5.77. The van der Waals surface area contributed by atoms with E-state index in [9.17, 15) is 9.59 Å². The summed E-state index contributed by atoms with van der Waals surface area (Å²) in [5.74, 6) is -0.205. The Kier molecular flexibility index (Phi) is 5.45. The first-order valence-electron chi connectivity index (χ1n) is 7.89. The van der Waals surface area contributed by atoms with Gasteiger partial charge in [0.15, 0.2) is 6.10 Å². The Labute approximate surface area is 126 Å². The first-order valence-corrected chi connectivity index (χ1v) is 7.89. The van der Waals surface area contributed by atoms with Crippen molar-refractivity contribution >= 4 is 12.0 Å². The molecule has 120 valence electrons. The minimum Gasteiger partial charge on any atom is -0.479 e. The second-order valence-corrected chi connectivity index (χ2v) is 6.12. The minimum atomic E-state index is -1.00. The summed E-state index contributed by atoms with van der Waals surface area (Å²) in [5.41, 5.74) is 0. The molecule has 2 fully saturated rings. The Hall–Kier alpha value is -1.30. The van der Waals surface area contributed by atoms with Gasteiger partial charge in [0.2, 0.25) is 0 Å². The Bertz CT molecular complexity index is 380. The summed E-state index contributed by atoms with van der Waals surface area (Å²) in [6.07, 6.45) is 4.78. The van der Waals surface area contributed by atoms with Crippen molar-refractivity contribution in [3.8, 4) is 0 Å². The molecule has 0 aromatic rings. The van der Waals surface area contributed by atoms with Gasteiger partial charge >= 0.3 is 12.0 Å². The highest BCUT2D eigenvalue weighted by Gasteiger charge is 2.33. The van der Waals surface area contributed by atoms with Gasteiger partial charge in [-0.2, -0.15) is 0 Å². The van der Waals surface area contributed by atoms with Gasteiger partial charge in [-0.3, -0.25) is 0 Å². The van der Waals surface area contributed by atoms with E-state index in [-0.39, 0.29) is 18.6 Å². The van der Waals surface area contributed by atoms with Gasteiger partial charge in [-0.1, -0.05) is 13.3 Å². The van der Waals surface area contributed by atoms with E-state index in [4.69, 9.17) is 9.84 Å². The predicted molar refractivity (Wildman–Crippen MR) is 78.1 cm³/mol. The van der Waals surface area contributed by atoms with E-state index in [1.807, 2.05) is 7.05 Å². The first-order chi connectivity index (χ1) is 10.0. The van der Waals surface area contributed by atoms with Crippen LogP contribution in [0, 0.1) is 5.92 Å². The molecule has 0 aromatic carbocycles. The summed E-state index contributed by atoms with van der Waals surface area (Å²) in [5, 5.41) is 9.00. The van der Waals surface area contributed by atoms with E-state index in [0.29, 0.717) is 13.2 Å². The third kappa shape index (κ3) is 3.87. The average molecular weight is 298 g/mol. The molecule has 6 heteroatoms. The molecule has 1 saturated heterocycles. The van der Waals surface area contributed by atoms with Crippen molar-refractivity contribution in [3.05, 3.63) is 0 Å². The normalized spacial score (nSPS) is 30.0. The molecule has 1 heterocycles. The molecule has 0 radical (unpaired) electrons. The van der Waals surface area contributed by atoms with Crippen LogP contribution in [0.15, 0.2) is 0 Å². The van der Waals surface area contributed by atoms with E-state index in [1.54, 1.807) is 9.80 Å². The van der Waals surface area contributed by atoms with Crippen molar-refractivity contribution in [1.82, 2.24) is 9.80 Å². The van der Waals surface area contributed by atoms with Gasteiger partial charge in [-0.25, -0.2) is 9.59 Å². The van der Waals surface area contributed by atoms with Crippen LogP contribution in [0.25, 0.3) is 0 Å². The maximum atomic E-state index is 12.5. The number of carbonyl (C=O) groups excluding carboxylic acids is 1. The average Bonchev–Trinajstić information content (AvgIpc) is 2.53. The maximum Gasteiger partial charge on any atom is 0.334 e. The molecule has 1 atom stereocenters. The van der Waals surface area contributed by atoms with Gasteiger partial charge in [0.25, 0.3) is 0 Å². The number of amides is 2. The Morgan fingerprint density at radius 1 is 1.29 bits per heavy atom. The molecule has 21 heavy (non-hydrogen) atoms. The molecule has 1 unspecified atom stereocenters. The molecule has 1 N–H and O–H groups in total. The van der Waals surface area contributed by atoms with Crippen LogP contribution in [0.2, 0.25) is 0 Å². The fourth-order valence-electron chi connectivity index (χ4n) is 3.29. The number of carboxylic acids is 1. The highest BCUT2D eigenvalue weighted by atomic mass is 16.5. The van der Waals surface area contributed by atoms with Gasteiger partial charge < -0.3 is 19.6 Å². The molecular weight excluding hydrogens is 272 g/mol. The third-order valence-electron chi connectivity index (χ3n) is 4.86. The van der Waals surface area contributed by atoms with Crippen LogP contribution in [0.4, 0.5) is 4.79 Å². The van der Waals surface area contributed by atoms with E-state index < -0.39 is 12.1 Å². The van der Waals surface area contributed by atoms with E-state index >= 15 is 0 Å². The molecule has 2 rings (SSSR count). The third-order valence-corrected chi connectivity index (χ3v) is 4.86. The van der Waals surface area contributed by atoms with E-state index in [2.05, 4.69) is 6.92 Å². The van der Waals surface area contributed by atoms with Gasteiger partial charge in [-0.05, 0) is 31.6 Å². The number of rotatable bonds is 3. The Balaban J connectivity index is 1.88. The van der Waals surface area contributed by atoms with Crippen molar-refractivity contribution in [1.29, 1.82) is 0 Å². The number of carbonyl (C=O) groups is 2. The van der Waals surface area contributed by atoms with Crippen molar-refractivity contribution in [2.45, 2.75) is 51.2 Å². The fraction of sp³-hybridized carbons (Fsp3) is 0.867. The summed E-state index contributed by atoms with van der Waals surface area (Å²) in [4.78, 5) is 26.9. The summed E-state index contributed by atoms with van der Waals surface area (Å²) < 4.78 is 5.16. The summed E-state index contributed by atoms with van der Waals surface area (Å²) in [6.45, 7) is 3.12. The largest absolute Gasteiger partial charge is 0.479 e. The summed E-state index contributed by atoms with van der Waals surface area (Å²) in [6, 6.07) is 0.218. The topological polar surface area (TPSA) is 70.1 Å². The molecule has 1 saturated carbocycles. The lowest BCUT2D eigenvalue weighted by Crippen LogP contribution is -2.54. The quantitative estimate of drug-likeness (QED) is 0.862. The second-order valence-electron chi connectivity index (χ2n) is 6.12. The molecule has 2 amide bonds. The molecule has 1 aliphatic carbocycles. The predicted octanol–water partition coefficient (Wildman–Crippen LogP) is 1.79. The number of hydrogen-bond acceptors (Lipinski definition) is 3. The monoisotopic (exact) mass is 298 g/mol. The molecular formula is C15H26N2O4. The lowest BCUT2D eigenvalue weighted by molar-refractivity contribution is -0.154. The standard InChI is InChI=1S/C15H26N2O4/c1-3-11-4-6-12(7-5-11)16(2)15(20)17-8-9-21-13(10-17)14(18)19/h11-13H,3-10H2,1-2H3,(H,18,19). The van der Waals surface area contributed by atoms with Crippen LogP contribution in [0.1, 0.15) is 39.0 Å². The van der Waals surface area contributed by atoms with Crippen LogP contribution in [0.3, 0.4) is 0 Å². The number of hydrogen-bond donors (Lipinski definition) is 1. The van der Waals surface area contributed by atoms with Crippen LogP contribution in [-0.4, -0.2) is 65.8 Å². The van der Waals surface area contributed by atoms with Crippen LogP contribution in [-0.2, 0) is 9.53 Å². The lowest BCUT2D eigenvalue weighted by atomic mass is 9.84. The number of urea groups is 1. The first kappa shape index (κ1) is 16.1. The number of ether oxygens (including phenoxy) is 1. The number of morpholine rings is 1. The van der Waals surface area contributed by atoms with Crippen molar-refractivity contribution in [3.63, 3.8) is 0 Å². The van der Waals surface area contributed by atoms with Crippen LogP contribution in [0.5, 0.6) is 0 Å². The number of carboxylic acid groups (broad SMARTS) is 1. The zero-order valence-electron chi connectivity index (χ0n) is 13.0. The van der Waals surface area contributed by atoms with E-state index in [1.165, 1.54) is 19.3 Å². The zero-order chi connectivity index (χ0) is 15.4. The van der Waals surface area contributed by atoms with Gasteiger partial charge in [-0.15, -0.1) is 0 Å². The highest BCUT2D eigenvalue weighted by Crippen LogP contribution is 2.29. The van der Waals surface area contributed by atoms with Crippen LogP contribution >= 0.6 is 0 Å². The van der Waals surface area contributed by atoms with Gasteiger partial charge in [0.1, 0.15) is 0 Å². The van der Waals surface area contributed by atoms with Gasteiger partial charge in [0.05, 0.1) is 13.2 Å². The molecule has 1 aliphatic heterocycles. The minimum absolute atomic E-state index is 0.0653. The lowest BCUT2D eigenvalue weighted by Gasteiger charge is -2.39. The molecule has 6 nitrogen and oxygen atoms in total. The number of aliphatic carboxylic acids is 1. The van der Waals surface area contributed by atoms with Crippen molar-refractivity contribution in [2.24, 2.45) is 5.92 Å². The Morgan fingerprint density at radius 3 is 2.52 bits per heavy atom. The number of nitrogens with zero attached hydrogens (tertiary/aromatic N) is 2. The second kappa shape index (κ2) is 7.11. The fourth-order valence-corrected chi connectivity index (χ4v) is 3.29. The van der Waals surface area contributed by atoms with Crippen molar-refractivity contribution < 1.29 is 19.4 Å². The SMILES string of the molecule is CCC1CCC(N(C)C(=O)N2CCOC(C(=O)O)C2)CC1. The van der Waals surface area contributed by atoms with Crippen molar-refractivity contribution in [2.75, 3.05) is 26.7 Å². The summed E-state index contributed by atoms with van der Waals surface area (Å²) in [7, 11) is 1.84. The summed E-state index contributed by atoms with van der Waals surface area (Å²) >= 11 is 0. The Morgan fingerprint density at radius 2 is 1.95 bits per heavy atom. The van der Waals surface area contributed by atoms with Gasteiger partial charge in [0, 0.05) is 19.6 Å². The zero-order valence-corrected chi connectivity index (χ0v) is 13.0. The molecule has 2 aliphatic rings. The van der Waals surface area contributed by atoms with Crippen LogP contribution < -0.4 is 0 Å². The molecule has 0 aromatic heterocycles.